The number of hydrogen-bond acceptors (Lipinski definition) is 8. The van der Waals surface area contributed by atoms with Crippen molar-refractivity contribution in [1.82, 2.24) is 9.97 Å². The van der Waals surface area contributed by atoms with E-state index in [2.05, 4.69) is 15.3 Å². The van der Waals surface area contributed by atoms with Gasteiger partial charge in [-0.2, -0.15) is 0 Å². The van der Waals surface area contributed by atoms with E-state index in [-0.39, 0.29) is 16.4 Å². The van der Waals surface area contributed by atoms with Gasteiger partial charge in [0.05, 0.1) is 17.8 Å². The van der Waals surface area contributed by atoms with Crippen LogP contribution in [0.2, 0.25) is 0 Å². The van der Waals surface area contributed by atoms with Crippen molar-refractivity contribution in [2.45, 2.75) is 10.1 Å². The Bertz CT molecular complexity index is 1100. The number of nitrogens with one attached hydrogen (secondary N) is 1. The number of carbonyl (C=O) groups is 1. The number of thioether (sulfide) groups is 1. The molecule has 0 saturated carbocycles. The van der Waals surface area contributed by atoms with Crippen molar-refractivity contribution in [3.05, 3.63) is 66.4 Å². The number of rotatable bonds is 8. The number of primary sulfonamides is 1. The Labute approximate surface area is 172 Å². The minimum absolute atomic E-state index is 0.0269. The van der Waals surface area contributed by atoms with E-state index in [0.29, 0.717) is 28.0 Å². The van der Waals surface area contributed by atoms with Gasteiger partial charge in [-0.1, -0.05) is 11.8 Å². The van der Waals surface area contributed by atoms with Crippen LogP contribution in [0.1, 0.15) is 10.4 Å². The summed E-state index contributed by atoms with van der Waals surface area (Å²) < 4.78 is 27.7. The molecule has 0 amide bonds. The molecule has 0 spiro atoms. The van der Waals surface area contributed by atoms with Gasteiger partial charge in [0.15, 0.2) is 10.9 Å². The van der Waals surface area contributed by atoms with Crippen LogP contribution < -0.4 is 15.2 Å². The lowest BCUT2D eigenvalue weighted by Gasteiger charge is -2.07. The molecule has 0 aliphatic heterocycles. The van der Waals surface area contributed by atoms with E-state index in [1.807, 2.05) is 0 Å². The van der Waals surface area contributed by atoms with Gasteiger partial charge >= 0.3 is 0 Å². The van der Waals surface area contributed by atoms with Gasteiger partial charge in [-0.15, -0.1) is 0 Å². The number of anilines is 2. The van der Waals surface area contributed by atoms with Crippen LogP contribution in [-0.2, 0) is 10.0 Å². The van der Waals surface area contributed by atoms with Gasteiger partial charge in [-0.05, 0) is 54.6 Å². The van der Waals surface area contributed by atoms with Crippen LogP contribution in [0.4, 0.5) is 11.5 Å². The predicted octanol–water partition coefficient (Wildman–Crippen LogP) is 2.85. The lowest BCUT2D eigenvalue weighted by molar-refractivity contribution is 0.102. The molecule has 0 aliphatic rings. The summed E-state index contributed by atoms with van der Waals surface area (Å²) >= 11 is 1.23. The second kappa shape index (κ2) is 9.03. The van der Waals surface area contributed by atoms with Gasteiger partial charge < -0.3 is 10.1 Å². The molecule has 2 aromatic carbocycles. The summed E-state index contributed by atoms with van der Waals surface area (Å²) in [5.74, 6) is 1.35. The Hall–Kier alpha value is -2.95. The Morgan fingerprint density at radius 1 is 1.10 bits per heavy atom. The molecule has 0 bridgehead atoms. The largest absolute Gasteiger partial charge is 0.497 e. The number of Topliss-reactive ketones (excluding diaryl/α,β-unsaturated/α-hetero) is 1. The molecule has 8 nitrogen and oxygen atoms in total. The minimum atomic E-state index is -3.74. The van der Waals surface area contributed by atoms with Crippen LogP contribution in [0.5, 0.6) is 5.75 Å². The third-order valence-electron chi connectivity index (χ3n) is 3.83. The third kappa shape index (κ3) is 5.76. The van der Waals surface area contributed by atoms with Gasteiger partial charge in [0.2, 0.25) is 10.0 Å². The zero-order chi connectivity index (χ0) is 20.9. The quantitative estimate of drug-likeness (QED) is 0.318. The molecule has 1 aromatic heterocycles. The van der Waals surface area contributed by atoms with Crippen molar-refractivity contribution in [2.75, 3.05) is 18.2 Å². The maximum atomic E-state index is 12.3. The van der Waals surface area contributed by atoms with Crippen molar-refractivity contribution >= 4 is 39.1 Å². The zero-order valence-corrected chi connectivity index (χ0v) is 17.0. The Morgan fingerprint density at radius 2 is 1.79 bits per heavy atom. The molecule has 3 N–H and O–H groups in total. The highest BCUT2D eigenvalue weighted by molar-refractivity contribution is 7.99. The molecule has 29 heavy (non-hydrogen) atoms. The van der Waals surface area contributed by atoms with E-state index in [9.17, 15) is 13.2 Å². The number of ether oxygens (including phenoxy) is 1. The number of benzene rings is 2. The van der Waals surface area contributed by atoms with Crippen LogP contribution in [-0.4, -0.2) is 37.0 Å². The molecular weight excluding hydrogens is 412 g/mol. The summed E-state index contributed by atoms with van der Waals surface area (Å²) in [7, 11) is -2.17. The molecule has 0 unspecified atom stereocenters. The minimum Gasteiger partial charge on any atom is -0.497 e. The first-order valence-electron chi connectivity index (χ1n) is 8.38. The highest BCUT2D eigenvalue weighted by Crippen LogP contribution is 2.21. The second-order valence-corrected chi connectivity index (χ2v) is 8.36. The van der Waals surface area contributed by atoms with Crippen molar-refractivity contribution in [1.29, 1.82) is 0 Å². The average molecular weight is 431 g/mol. The molecule has 3 rings (SSSR count). The summed E-state index contributed by atoms with van der Waals surface area (Å²) in [5, 5.41) is 8.59. The van der Waals surface area contributed by atoms with Gasteiger partial charge in [0.25, 0.3) is 0 Å². The smallest absolute Gasteiger partial charge is 0.238 e. The first-order chi connectivity index (χ1) is 13.8. The summed E-state index contributed by atoms with van der Waals surface area (Å²) in [6.45, 7) is 0. The van der Waals surface area contributed by atoms with Gasteiger partial charge in [0.1, 0.15) is 11.6 Å². The third-order valence-corrected chi connectivity index (χ3v) is 5.62. The topological polar surface area (TPSA) is 124 Å². The predicted molar refractivity (Wildman–Crippen MR) is 111 cm³/mol. The van der Waals surface area contributed by atoms with Crippen LogP contribution in [0, 0.1) is 0 Å². The molecule has 0 atom stereocenters. The lowest BCUT2D eigenvalue weighted by atomic mass is 10.1. The molecule has 3 aromatic rings. The molecule has 1 heterocycles. The van der Waals surface area contributed by atoms with Gasteiger partial charge in [-0.25, -0.2) is 23.5 Å². The number of ketones is 1. The Kier molecular flexibility index (Phi) is 6.47. The summed E-state index contributed by atoms with van der Waals surface area (Å²) in [5.41, 5.74) is 1.23. The molecule has 150 valence electrons. The fourth-order valence-corrected chi connectivity index (χ4v) is 3.59. The monoisotopic (exact) mass is 430 g/mol. The number of nitrogens with zero attached hydrogens (tertiary/aromatic N) is 2. The Morgan fingerprint density at radius 3 is 2.41 bits per heavy atom. The fraction of sp³-hybridized carbons (Fsp3) is 0.105. The summed E-state index contributed by atoms with van der Waals surface area (Å²) in [6, 6.07) is 14.6. The van der Waals surface area contributed by atoms with E-state index in [4.69, 9.17) is 9.88 Å². The van der Waals surface area contributed by atoms with Crippen LogP contribution in [0.15, 0.2) is 70.8 Å². The number of aromatic nitrogens is 2. The number of sulfonamides is 1. The highest BCUT2D eigenvalue weighted by Gasteiger charge is 2.10. The molecule has 0 saturated heterocycles. The number of carbonyl (C=O) groups excluding carboxylic acids is 1. The molecular formula is C19H18N4O4S2. The fourth-order valence-electron chi connectivity index (χ4n) is 2.35. The number of nitrogens with two attached hydrogens (primary N) is 1. The van der Waals surface area contributed by atoms with E-state index in [1.54, 1.807) is 55.8 Å². The molecule has 10 heteroatoms. The van der Waals surface area contributed by atoms with E-state index < -0.39 is 10.0 Å². The SMILES string of the molecule is COc1ccc(C(=O)CSc2nccc(Nc3ccc(S(N)(=O)=O)cc3)n2)cc1. The molecule has 0 radical (unpaired) electrons. The number of methoxy groups -OCH3 is 1. The maximum absolute atomic E-state index is 12.3. The zero-order valence-electron chi connectivity index (χ0n) is 15.4. The van der Waals surface area contributed by atoms with Gasteiger partial charge in [-0.3, -0.25) is 4.79 Å². The molecule has 0 fully saturated rings. The van der Waals surface area contributed by atoms with E-state index in [0.717, 1.165) is 0 Å². The van der Waals surface area contributed by atoms with E-state index >= 15 is 0 Å². The van der Waals surface area contributed by atoms with Crippen molar-refractivity contribution in [3.63, 3.8) is 0 Å². The summed E-state index contributed by atoms with van der Waals surface area (Å²) in [4.78, 5) is 20.9. The van der Waals surface area contributed by atoms with Crippen LogP contribution in [0.3, 0.4) is 0 Å². The second-order valence-electron chi connectivity index (χ2n) is 5.86. The van der Waals surface area contributed by atoms with Crippen molar-refractivity contribution in [2.24, 2.45) is 5.14 Å². The molecule has 0 aliphatic carbocycles. The van der Waals surface area contributed by atoms with Crippen LogP contribution in [0.25, 0.3) is 0 Å². The van der Waals surface area contributed by atoms with E-state index in [1.165, 1.54) is 23.9 Å². The standard InChI is InChI=1S/C19H18N4O4S2/c1-27-15-6-2-13(3-7-15)17(24)12-28-19-21-11-10-18(23-19)22-14-4-8-16(9-5-14)29(20,25)26/h2-11H,12H2,1H3,(H2,20,25,26)(H,21,22,23). The first-order valence-corrected chi connectivity index (χ1v) is 10.9. The van der Waals surface area contributed by atoms with Crippen molar-refractivity contribution in [3.8, 4) is 5.75 Å². The van der Waals surface area contributed by atoms with Gasteiger partial charge in [0, 0.05) is 17.4 Å². The number of hydrogen-bond donors (Lipinski definition) is 2. The first kappa shape index (κ1) is 20.8. The normalized spacial score (nSPS) is 11.1. The maximum Gasteiger partial charge on any atom is 0.238 e. The van der Waals surface area contributed by atoms with Crippen molar-refractivity contribution < 1.29 is 17.9 Å². The average Bonchev–Trinajstić information content (AvgIpc) is 2.72. The van der Waals surface area contributed by atoms with Crippen LogP contribution >= 0.6 is 11.8 Å². The Balaban J connectivity index is 1.62. The summed E-state index contributed by atoms with van der Waals surface area (Å²) in [6.07, 6.45) is 1.58. The lowest BCUT2D eigenvalue weighted by Crippen LogP contribution is -2.11. The highest BCUT2D eigenvalue weighted by atomic mass is 32.2.